The number of ether oxygens (including phenoxy) is 8. The topological polar surface area (TPSA) is 159 Å². The molecule has 0 amide bonds. The molecule has 2 aliphatic carbocycles. The first-order chi connectivity index (χ1) is 35.0. The third-order valence-corrected chi connectivity index (χ3v) is 13.1. The molecule has 1 aromatic rings. The van der Waals surface area contributed by atoms with Crippen LogP contribution in [0.25, 0.3) is 0 Å². The summed E-state index contributed by atoms with van der Waals surface area (Å²) < 4.78 is 43.7. The van der Waals surface area contributed by atoms with Gasteiger partial charge in [-0.1, -0.05) is 47.2 Å². The van der Waals surface area contributed by atoms with Gasteiger partial charge in [0.15, 0.2) is 0 Å². The highest BCUT2D eigenvalue weighted by Crippen LogP contribution is 2.34. The first kappa shape index (κ1) is 64.9. The summed E-state index contributed by atoms with van der Waals surface area (Å²) in [7, 11) is 2.28. The summed E-state index contributed by atoms with van der Waals surface area (Å²) in [6.07, 6.45) is 30.2. The van der Waals surface area contributed by atoms with Gasteiger partial charge in [0, 0.05) is 25.0 Å². The molecule has 0 aliphatic heterocycles. The van der Waals surface area contributed by atoms with Gasteiger partial charge in [-0.3, -0.25) is 19.2 Å². The summed E-state index contributed by atoms with van der Waals surface area (Å²) in [5.74, 6) is 3.01. The van der Waals surface area contributed by atoms with E-state index in [9.17, 15) is 24.0 Å². The third-order valence-electron chi connectivity index (χ3n) is 11.8. The summed E-state index contributed by atoms with van der Waals surface area (Å²) >= 11 is 0. The van der Waals surface area contributed by atoms with Crippen LogP contribution in [-0.4, -0.2) is 89.7 Å². The van der Waals surface area contributed by atoms with Gasteiger partial charge in [-0.25, -0.2) is 0 Å². The van der Waals surface area contributed by atoms with Crippen LogP contribution in [0.2, 0.25) is 0 Å². The van der Waals surface area contributed by atoms with E-state index in [1.807, 2.05) is 36.4 Å². The van der Waals surface area contributed by atoms with Gasteiger partial charge in [0.2, 0.25) is 0 Å². The molecular formula is C58H87O13P. The number of carbonyl (C=O) groups is 5. The van der Waals surface area contributed by atoms with Crippen LogP contribution >= 0.6 is 8.58 Å². The Morgan fingerprint density at radius 1 is 0.708 bits per heavy atom. The number of carbonyl (C=O) groups excluding carboxylic acids is 5. The molecular weight excluding hydrogens is 936 g/mol. The number of benzene rings is 1. The Hall–Kier alpha value is -5.10. The molecule has 0 aromatic heterocycles. The van der Waals surface area contributed by atoms with E-state index in [0.717, 1.165) is 142 Å². The van der Waals surface area contributed by atoms with Crippen molar-refractivity contribution in [2.24, 2.45) is 23.7 Å². The fraction of sp³-hybridized carbons (Fsp3) is 0.569. The number of rotatable bonds is 35. The molecule has 0 N–H and O–H groups in total. The van der Waals surface area contributed by atoms with E-state index in [0.29, 0.717) is 81.0 Å². The van der Waals surface area contributed by atoms with E-state index < -0.39 is 0 Å². The summed E-state index contributed by atoms with van der Waals surface area (Å²) in [5.41, 5.74) is 0.557. The van der Waals surface area contributed by atoms with Crippen molar-refractivity contribution in [1.29, 1.82) is 0 Å². The van der Waals surface area contributed by atoms with Gasteiger partial charge in [0.05, 0.1) is 58.3 Å². The van der Waals surface area contributed by atoms with Crippen LogP contribution in [0.1, 0.15) is 130 Å². The van der Waals surface area contributed by atoms with Crippen LogP contribution in [0.5, 0.6) is 11.5 Å². The van der Waals surface area contributed by atoms with Gasteiger partial charge < -0.3 is 42.7 Å². The number of hydrogen-bond acceptors (Lipinski definition) is 13. The minimum absolute atomic E-state index is 0.0359. The van der Waals surface area contributed by atoms with E-state index in [4.69, 9.17) is 37.9 Å². The van der Waals surface area contributed by atoms with Crippen molar-refractivity contribution in [2.75, 3.05) is 59.3 Å². The summed E-state index contributed by atoms with van der Waals surface area (Å²) in [5, 5.41) is 0. The standard InChI is InChI=1S/C35H51O7P.C21H32O6.C2H4/c1-5-12-31(6-2)40-23-9-7-8-10-24-41-32-18-20-33(21-19-32)42-35(37)30-16-14-29(15-17-30)26-43-27-39-22-11-13-34(38-4)28(3)25-36;1-17(27-21(24)20-11-9-19(16-22)10-12-20)8-7-14-25-13-5-3-4-6-15-26-18(2)23;1-2/h6,11-13,18-21,25,29-30,43H,2,5,7-10,14-17,22-24,26-27H2,1,3-4H3;7-8,16,19-20H,1,3-6,9-15H2,2H3;1-2H2/b13-11-,31-12+,34-28-;8-7-;. The van der Waals surface area contributed by atoms with Crippen molar-refractivity contribution in [3.63, 3.8) is 0 Å². The monoisotopic (exact) mass is 1020 g/mol. The SMILES string of the molecule is C=C.C=C(/C=C\COCCCCCCOC(C)=O)OC(=O)C1CCC(C=O)CC1.C=C/C(=C\CC)OCCCCCCOc1ccc(OC(=O)C2CCC(CPCOC/C=C\C(OC)=C(/C)C=O)CC2)cc1. The predicted octanol–water partition coefficient (Wildman–Crippen LogP) is 12.7. The molecule has 2 aliphatic rings. The first-order valence-corrected chi connectivity index (χ1v) is 27.2. The largest absolute Gasteiger partial charge is 0.496 e. The number of aldehydes is 2. The summed E-state index contributed by atoms with van der Waals surface area (Å²) in [6.45, 7) is 22.2. The second kappa shape index (κ2) is 43.5. The maximum absolute atomic E-state index is 12.7. The number of esters is 3. The highest BCUT2D eigenvalue weighted by molar-refractivity contribution is 7.37. The Morgan fingerprint density at radius 3 is 1.88 bits per heavy atom. The molecule has 3 rings (SSSR count). The van der Waals surface area contributed by atoms with Gasteiger partial charge in [0.1, 0.15) is 41.3 Å². The molecule has 0 bridgehead atoms. The molecule has 1 unspecified atom stereocenters. The quantitative estimate of drug-likeness (QED) is 0.00728. The van der Waals surface area contributed by atoms with Crippen LogP contribution < -0.4 is 9.47 Å². The lowest BCUT2D eigenvalue weighted by atomic mass is 9.83. The lowest BCUT2D eigenvalue weighted by Gasteiger charge is -2.27. The zero-order chi connectivity index (χ0) is 53.0. The predicted molar refractivity (Wildman–Crippen MR) is 288 cm³/mol. The minimum atomic E-state index is -0.260. The first-order valence-electron chi connectivity index (χ1n) is 25.8. The average molecular weight is 1020 g/mol. The number of hydrogen-bond donors (Lipinski definition) is 0. The van der Waals surface area contributed by atoms with Crippen molar-refractivity contribution in [1.82, 2.24) is 0 Å². The Bertz CT molecular complexity index is 1800. The van der Waals surface area contributed by atoms with Crippen LogP contribution in [0.3, 0.4) is 0 Å². The van der Waals surface area contributed by atoms with E-state index in [1.165, 1.54) is 6.92 Å². The fourth-order valence-electron chi connectivity index (χ4n) is 7.73. The molecule has 1 aromatic carbocycles. The van der Waals surface area contributed by atoms with Gasteiger partial charge in [-0.15, -0.1) is 13.2 Å². The van der Waals surface area contributed by atoms with Crippen molar-refractivity contribution in [3.05, 3.63) is 110 Å². The Balaban J connectivity index is 0.000000767. The number of methoxy groups -OCH3 is 1. The van der Waals surface area contributed by atoms with Crippen molar-refractivity contribution >= 4 is 39.1 Å². The minimum Gasteiger partial charge on any atom is -0.496 e. The number of unbranched alkanes of at least 4 members (excludes halogenated alkanes) is 6. The molecule has 2 fully saturated rings. The number of allylic oxidation sites excluding steroid dienone is 5. The van der Waals surface area contributed by atoms with Crippen molar-refractivity contribution < 1.29 is 61.9 Å². The molecule has 0 radical (unpaired) electrons. The average Bonchev–Trinajstić information content (AvgIpc) is 3.40. The second-order valence-electron chi connectivity index (χ2n) is 17.5. The lowest BCUT2D eigenvalue weighted by molar-refractivity contribution is -0.145. The zero-order valence-electron chi connectivity index (χ0n) is 44.1. The van der Waals surface area contributed by atoms with Gasteiger partial charge in [-0.05, 0) is 170 Å². The molecule has 0 spiro atoms. The Morgan fingerprint density at radius 2 is 1.28 bits per heavy atom. The molecule has 0 heterocycles. The molecule has 13 nitrogen and oxygen atoms in total. The van der Waals surface area contributed by atoms with E-state index in [-0.39, 0.29) is 35.7 Å². The Labute approximate surface area is 433 Å². The zero-order valence-corrected chi connectivity index (χ0v) is 45.1. The fourth-order valence-corrected chi connectivity index (χ4v) is 8.92. The van der Waals surface area contributed by atoms with Crippen molar-refractivity contribution in [3.8, 4) is 11.5 Å². The molecule has 402 valence electrons. The maximum atomic E-state index is 12.7. The lowest BCUT2D eigenvalue weighted by Crippen LogP contribution is -2.26. The van der Waals surface area contributed by atoms with Gasteiger partial charge >= 0.3 is 17.9 Å². The Kier molecular flexibility index (Phi) is 39.2. The summed E-state index contributed by atoms with van der Waals surface area (Å²) in [4.78, 5) is 57.0. The van der Waals surface area contributed by atoms with Crippen LogP contribution in [-0.2, 0) is 52.4 Å². The third kappa shape index (κ3) is 32.1. The van der Waals surface area contributed by atoms with Gasteiger partial charge in [0.25, 0.3) is 0 Å². The molecule has 72 heavy (non-hydrogen) atoms. The second-order valence-corrected chi connectivity index (χ2v) is 18.7. The van der Waals surface area contributed by atoms with Crippen LogP contribution in [0, 0.1) is 23.7 Å². The van der Waals surface area contributed by atoms with Crippen molar-refractivity contribution in [2.45, 2.75) is 130 Å². The molecule has 0 saturated heterocycles. The highest BCUT2D eigenvalue weighted by atomic mass is 31.1. The van der Waals surface area contributed by atoms with E-state index in [1.54, 1.807) is 38.3 Å². The summed E-state index contributed by atoms with van der Waals surface area (Å²) in [6, 6.07) is 7.34. The molecule has 1 atom stereocenters. The van der Waals surface area contributed by atoms with Gasteiger partial charge in [-0.2, -0.15) is 0 Å². The normalized spacial score (nSPS) is 18.1. The van der Waals surface area contributed by atoms with Crippen LogP contribution in [0.4, 0.5) is 0 Å². The van der Waals surface area contributed by atoms with Crippen LogP contribution in [0.15, 0.2) is 110 Å². The van der Waals surface area contributed by atoms with E-state index in [2.05, 4.69) is 33.2 Å². The van der Waals surface area contributed by atoms with E-state index >= 15 is 0 Å². The maximum Gasteiger partial charge on any atom is 0.314 e. The highest BCUT2D eigenvalue weighted by Gasteiger charge is 2.28. The molecule has 2 saturated carbocycles. The molecule has 14 heteroatoms. The smallest absolute Gasteiger partial charge is 0.314 e.